The predicted octanol–water partition coefficient (Wildman–Crippen LogP) is -0.298. The average Bonchev–Trinajstić information content (AvgIpc) is 2.53. The summed E-state index contributed by atoms with van der Waals surface area (Å²) in [5.41, 5.74) is 0.282. The molecule has 6 nitrogen and oxygen atoms in total. The van der Waals surface area contributed by atoms with E-state index in [4.69, 9.17) is 5.26 Å². The van der Waals surface area contributed by atoms with Gasteiger partial charge in [-0.1, -0.05) is 0 Å². The fourth-order valence-electron chi connectivity index (χ4n) is 0.854. The molecular formula is C6H3N5O. The van der Waals surface area contributed by atoms with Crippen LogP contribution in [0.1, 0.15) is 5.56 Å². The van der Waals surface area contributed by atoms with Gasteiger partial charge in [0.05, 0.1) is 6.20 Å². The quantitative estimate of drug-likeness (QED) is 0.573. The van der Waals surface area contributed by atoms with Crippen LogP contribution in [-0.2, 0) is 0 Å². The lowest BCUT2D eigenvalue weighted by Gasteiger charge is -1.94. The normalized spacial score (nSPS) is 9.92. The Kier molecular flexibility index (Phi) is 1.18. The van der Waals surface area contributed by atoms with Crippen molar-refractivity contribution in [3.8, 4) is 11.8 Å². The maximum Gasteiger partial charge on any atom is 0.220 e. The van der Waals surface area contributed by atoms with Crippen molar-refractivity contribution in [2.45, 2.75) is 0 Å². The topological polar surface area (TPSA) is 87.1 Å². The van der Waals surface area contributed by atoms with Crippen molar-refractivity contribution in [1.82, 2.24) is 19.8 Å². The molecule has 2 heterocycles. The molecule has 2 rings (SSSR count). The van der Waals surface area contributed by atoms with E-state index in [0.717, 1.165) is 0 Å². The summed E-state index contributed by atoms with van der Waals surface area (Å²) in [6, 6.07) is 1.78. The van der Waals surface area contributed by atoms with Crippen molar-refractivity contribution in [1.29, 1.82) is 5.26 Å². The van der Waals surface area contributed by atoms with Crippen molar-refractivity contribution in [2.24, 2.45) is 0 Å². The standard InChI is InChI=1S/C6H3N5O/c7-1-4-2-9-11-3-8-10-6(11)5(4)12/h2-3,12H. The van der Waals surface area contributed by atoms with E-state index in [-0.39, 0.29) is 17.0 Å². The van der Waals surface area contributed by atoms with Crippen LogP contribution in [0.2, 0.25) is 0 Å². The fourth-order valence-corrected chi connectivity index (χ4v) is 0.854. The number of fused-ring (bicyclic) bond motifs is 1. The van der Waals surface area contributed by atoms with E-state index in [1.165, 1.54) is 17.0 Å². The van der Waals surface area contributed by atoms with Crippen molar-refractivity contribution in [2.75, 3.05) is 0 Å². The highest BCUT2D eigenvalue weighted by molar-refractivity contribution is 5.58. The van der Waals surface area contributed by atoms with Gasteiger partial charge >= 0.3 is 0 Å². The number of aromatic hydroxyl groups is 1. The van der Waals surface area contributed by atoms with Gasteiger partial charge in [-0.05, 0) is 0 Å². The minimum absolute atomic E-state index is 0.0931. The molecule has 0 atom stereocenters. The highest BCUT2D eigenvalue weighted by Crippen LogP contribution is 2.18. The summed E-state index contributed by atoms with van der Waals surface area (Å²) >= 11 is 0. The van der Waals surface area contributed by atoms with Gasteiger partial charge in [-0.25, -0.2) is 0 Å². The molecule has 0 unspecified atom stereocenters. The van der Waals surface area contributed by atoms with Crippen LogP contribution in [0, 0.1) is 11.3 Å². The molecule has 2 aromatic rings. The predicted molar refractivity (Wildman–Crippen MR) is 37.2 cm³/mol. The Morgan fingerprint density at radius 3 is 3.17 bits per heavy atom. The summed E-state index contributed by atoms with van der Waals surface area (Å²) in [6.07, 6.45) is 2.60. The zero-order valence-electron chi connectivity index (χ0n) is 5.84. The van der Waals surface area contributed by atoms with Gasteiger partial charge in [-0.15, -0.1) is 10.2 Å². The van der Waals surface area contributed by atoms with Crippen LogP contribution in [0.15, 0.2) is 12.5 Å². The Morgan fingerprint density at radius 1 is 1.58 bits per heavy atom. The highest BCUT2D eigenvalue weighted by atomic mass is 16.3. The van der Waals surface area contributed by atoms with Crippen molar-refractivity contribution >= 4 is 5.65 Å². The van der Waals surface area contributed by atoms with Gasteiger partial charge in [0, 0.05) is 0 Å². The molecule has 0 amide bonds. The molecule has 6 heteroatoms. The molecule has 12 heavy (non-hydrogen) atoms. The Morgan fingerprint density at radius 2 is 2.42 bits per heavy atom. The van der Waals surface area contributed by atoms with E-state index >= 15 is 0 Å². The third-order valence-electron chi connectivity index (χ3n) is 1.43. The molecule has 0 aliphatic rings. The van der Waals surface area contributed by atoms with Gasteiger partial charge in [0.25, 0.3) is 0 Å². The number of hydrogen-bond acceptors (Lipinski definition) is 5. The Bertz CT molecular complexity index is 468. The molecule has 0 bridgehead atoms. The summed E-state index contributed by atoms with van der Waals surface area (Å²) in [4.78, 5) is 0. The van der Waals surface area contributed by atoms with E-state index in [1.54, 1.807) is 6.07 Å². The minimum Gasteiger partial charge on any atom is -0.503 e. The van der Waals surface area contributed by atoms with Crippen molar-refractivity contribution in [3.63, 3.8) is 0 Å². The van der Waals surface area contributed by atoms with Gasteiger partial charge in [0.2, 0.25) is 5.65 Å². The van der Waals surface area contributed by atoms with Gasteiger partial charge in [0.1, 0.15) is 18.0 Å². The molecule has 0 aliphatic carbocycles. The maximum absolute atomic E-state index is 9.35. The molecule has 0 saturated carbocycles. The molecular weight excluding hydrogens is 158 g/mol. The Balaban J connectivity index is 2.89. The maximum atomic E-state index is 9.35. The van der Waals surface area contributed by atoms with Crippen LogP contribution in [0.3, 0.4) is 0 Å². The molecule has 0 radical (unpaired) electrons. The summed E-state index contributed by atoms with van der Waals surface area (Å²) < 4.78 is 1.29. The number of rotatable bonds is 0. The molecule has 58 valence electrons. The Hall–Kier alpha value is -2.16. The third-order valence-corrected chi connectivity index (χ3v) is 1.43. The van der Waals surface area contributed by atoms with E-state index in [0.29, 0.717) is 0 Å². The van der Waals surface area contributed by atoms with Crippen LogP contribution in [0.4, 0.5) is 0 Å². The minimum atomic E-state index is -0.190. The first-order valence-corrected chi connectivity index (χ1v) is 3.11. The zero-order valence-corrected chi connectivity index (χ0v) is 5.84. The third kappa shape index (κ3) is 0.703. The molecule has 0 aliphatic heterocycles. The van der Waals surface area contributed by atoms with Crippen molar-refractivity contribution in [3.05, 3.63) is 18.1 Å². The SMILES string of the molecule is N#Cc1cnn2cnnc2c1O. The lowest BCUT2D eigenvalue weighted by atomic mass is 10.3. The first-order valence-electron chi connectivity index (χ1n) is 3.11. The zero-order chi connectivity index (χ0) is 8.55. The monoisotopic (exact) mass is 161 g/mol. The smallest absolute Gasteiger partial charge is 0.220 e. The van der Waals surface area contributed by atoms with Crippen LogP contribution >= 0.6 is 0 Å². The first-order chi connectivity index (χ1) is 5.83. The summed E-state index contributed by atoms with van der Waals surface area (Å²) in [5, 5.41) is 28.7. The van der Waals surface area contributed by atoms with Crippen LogP contribution in [0.25, 0.3) is 5.65 Å². The second-order valence-corrected chi connectivity index (χ2v) is 2.12. The second-order valence-electron chi connectivity index (χ2n) is 2.12. The molecule has 0 fully saturated rings. The lowest BCUT2D eigenvalue weighted by molar-refractivity contribution is 0.473. The van der Waals surface area contributed by atoms with Crippen LogP contribution in [0.5, 0.6) is 5.75 Å². The number of nitriles is 1. The summed E-state index contributed by atoms with van der Waals surface area (Å²) in [6.45, 7) is 0. The first kappa shape index (κ1) is 6.54. The number of hydrogen-bond donors (Lipinski definition) is 1. The summed E-state index contributed by atoms with van der Waals surface area (Å²) in [7, 11) is 0. The van der Waals surface area contributed by atoms with Crippen molar-refractivity contribution < 1.29 is 5.11 Å². The molecule has 0 spiro atoms. The van der Waals surface area contributed by atoms with E-state index in [9.17, 15) is 5.11 Å². The number of aromatic nitrogens is 4. The van der Waals surface area contributed by atoms with Gasteiger partial charge in [-0.3, -0.25) is 0 Å². The largest absolute Gasteiger partial charge is 0.503 e. The van der Waals surface area contributed by atoms with E-state index in [2.05, 4.69) is 15.3 Å². The highest BCUT2D eigenvalue weighted by Gasteiger charge is 2.07. The van der Waals surface area contributed by atoms with Gasteiger partial charge in [-0.2, -0.15) is 14.9 Å². The van der Waals surface area contributed by atoms with Crippen LogP contribution in [-0.4, -0.2) is 24.9 Å². The molecule has 1 N–H and O–H groups in total. The van der Waals surface area contributed by atoms with Gasteiger partial charge in [0.15, 0.2) is 5.75 Å². The Labute approximate surface area is 66.7 Å². The van der Waals surface area contributed by atoms with Crippen LogP contribution < -0.4 is 0 Å². The molecule has 0 saturated heterocycles. The molecule has 2 aromatic heterocycles. The second kappa shape index (κ2) is 2.17. The average molecular weight is 161 g/mol. The fraction of sp³-hybridized carbons (Fsp3) is 0. The lowest BCUT2D eigenvalue weighted by Crippen LogP contribution is -1.91. The number of nitrogens with zero attached hydrogens (tertiary/aromatic N) is 5. The summed E-state index contributed by atoms with van der Waals surface area (Å²) in [5.74, 6) is -0.190. The molecule has 0 aromatic carbocycles. The van der Waals surface area contributed by atoms with E-state index < -0.39 is 0 Å². The van der Waals surface area contributed by atoms with Gasteiger partial charge < -0.3 is 5.11 Å². The van der Waals surface area contributed by atoms with E-state index in [1.807, 2.05) is 0 Å².